The molecule has 0 aromatic heterocycles. The van der Waals surface area contributed by atoms with Crippen LogP contribution in [0.1, 0.15) is 12.0 Å². The highest BCUT2D eigenvalue weighted by Crippen LogP contribution is 2.42. The molecule has 3 aromatic carbocycles. The molecular formula is C22H19NO. The fraction of sp³-hybridized carbons (Fsp3) is 0.227. The van der Waals surface area contributed by atoms with Crippen LogP contribution in [0.25, 0.3) is 21.9 Å². The minimum Gasteiger partial charge on any atom is -0.497 e. The molecule has 2 heteroatoms. The lowest BCUT2D eigenvalue weighted by molar-refractivity contribution is 0.415. The van der Waals surface area contributed by atoms with Gasteiger partial charge in [0, 0.05) is 5.92 Å². The Morgan fingerprint density at radius 2 is 1.88 bits per heavy atom. The molecule has 0 amide bonds. The van der Waals surface area contributed by atoms with E-state index in [0.29, 0.717) is 5.92 Å². The van der Waals surface area contributed by atoms with Crippen molar-refractivity contribution < 1.29 is 4.74 Å². The smallest absolute Gasteiger partial charge is 0.119 e. The van der Waals surface area contributed by atoms with Crippen LogP contribution in [0, 0.1) is 23.2 Å². The molecule has 1 saturated carbocycles. The zero-order valence-corrected chi connectivity index (χ0v) is 13.7. The summed E-state index contributed by atoms with van der Waals surface area (Å²) in [6, 6.07) is 23.6. The van der Waals surface area contributed by atoms with Gasteiger partial charge in [-0.2, -0.15) is 5.26 Å². The fourth-order valence-corrected chi connectivity index (χ4v) is 3.42. The predicted molar refractivity (Wildman–Crippen MR) is 96.9 cm³/mol. The molecule has 2 nitrogen and oxygen atoms in total. The van der Waals surface area contributed by atoms with Gasteiger partial charge in [-0.05, 0) is 64.4 Å². The van der Waals surface area contributed by atoms with Crippen molar-refractivity contribution >= 4 is 10.8 Å². The van der Waals surface area contributed by atoms with Crippen molar-refractivity contribution in [3.8, 4) is 22.9 Å². The SMILES string of the molecule is COc1ccc2cc(-c3ccccc3)cc(CC3CC3C#N)c2c1. The number of ether oxygens (including phenoxy) is 1. The maximum absolute atomic E-state index is 9.11. The van der Waals surface area contributed by atoms with E-state index >= 15 is 0 Å². The van der Waals surface area contributed by atoms with E-state index in [-0.39, 0.29) is 5.92 Å². The molecule has 0 radical (unpaired) electrons. The van der Waals surface area contributed by atoms with Crippen LogP contribution >= 0.6 is 0 Å². The summed E-state index contributed by atoms with van der Waals surface area (Å²) in [6.07, 6.45) is 1.99. The van der Waals surface area contributed by atoms with Gasteiger partial charge in [0.05, 0.1) is 13.2 Å². The molecule has 118 valence electrons. The van der Waals surface area contributed by atoms with Crippen LogP contribution in [0.2, 0.25) is 0 Å². The highest BCUT2D eigenvalue weighted by Gasteiger charge is 2.37. The first-order valence-electron chi connectivity index (χ1n) is 8.34. The van der Waals surface area contributed by atoms with Crippen LogP contribution in [-0.4, -0.2) is 7.11 Å². The van der Waals surface area contributed by atoms with E-state index in [1.807, 2.05) is 12.1 Å². The molecule has 0 spiro atoms. The minimum absolute atomic E-state index is 0.228. The average Bonchev–Trinajstić information content (AvgIpc) is 3.40. The molecule has 1 aliphatic rings. The Kier molecular flexibility index (Phi) is 3.70. The number of nitriles is 1. The molecule has 24 heavy (non-hydrogen) atoms. The monoisotopic (exact) mass is 313 g/mol. The standard InChI is InChI=1S/C22H19NO/c1-24-21-8-7-16-9-17(15-5-3-2-4-6-15)10-19(22(16)13-21)11-18-12-20(18)14-23/h2-10,13,18,20H,11-12H2,1H3. The molecule has 4 rings (SSSR count). The van der Waals surface area contributed by atoms with Crippen LogP contribution in [0.15, 0.2) is 60.7 Å². The van der Waals surface area contributed by atoms with E-state index in [2.05, 4.69) is 54.6 Å². The van der Waals surface area contributed by atoms with E-state index in [9.17, 15) is 0 Å². The molecule has 2 atom stereocenters. The summed E-state index contributed by atoms with van der Waals surface area (Å²) in [5.41, 5.74) is 3.77. The van der Waals surface area contributed by atoms with E-state index in [4.69, 9.17) is 10.00 Å². The zero-order valence-electron chi connectivity index (χ0n) is 13.7. The number of hydrogen-bond acceptors (Lipinski definition) is 2. The molecule has 3 aromatic rings. The first kappa shape index (κ1) is 14.8. The number of benzene rings is 3. The van der Waals surface area contributed by atoms with Crippen molar-refractivity contribution in [2.75, 3.05) is 7.11 Å². The summed E-state index contributed by atoms with van der Waals surface area (Å²) >= 11 is 0. The maximum atomic E-state index is 9.11. The Hall–Kier alpha value is -2.79. The summed E-state index contributed by atoms with van der Waals surface area (Å²) in [4.78, 5) is 0. The first-order chi connectivity index (χ1) is 11.8. The number of hydrogen-bond donors (Lipinski definition) is 0. The van der Waals surface area contributed by atoms with Crippen molar-refractivity contribution in [1.82, 2.24) is 0 Å². The Morgan fingerprint density at radius 3 is 2.58 bits per heavy atom. The van der Waals surface area contributed by atoms with Crippen molar-refractivity contribution in [3.05, 3.63) is 66.2 Å². The second-order valence-corrected chi connectivity index (χ2v) is 6.52. The van der Waals surface area contributed by atoms with Crippen molar-refractivity contribution in [2.24, 2.45) is 11.8 Å². The third-order valence-corrected chi connectivity index (χ3v) is 4.92. The normalized spacial score (nSPS) is 19.0. The molecule has 1 aliphatic carbocycles. The lowest BCUT2D eigenvalue weighted by Crippen LogP contribution is -1.94. The van der Waals surface area contributed by atoms with Crippen LogP contribution in [0.5, 0.6) is 5.75 Å². The molecule has 0 aliphatic heterocycles. The average molecular weight is 313 g/mol. The predicted octanol–water partition coefficient (Wildman–Crippen LogP) is 5.22. The van der Waals surface area contributed by atoms with Gasteiger partial charge in [0.15, 0.2) is 0 Å². The maximum Gasteiger partial charge on any atom is 0.119 e. The third-order valence-electron chi connectivity index (χ3n) is 4.92. The van der Waals surface area contributed by atoms with Gasteiger partial charge in [0.25, 0.3) is 0 Å². The first-order valence-corrected chi connectivity index (χ1v) is 8.34. The second-order valence-electron chi connectivity index (χ2n) is 6.52. The van der Waals surface area contributed by atoms with Crippen LogP contribution in [0.4, 0.5) is 0 Å². The van der Waals surface area contributed by atoms with Gasteiger partial charge >= 0.3 is 0 Å². The van der Waals surface area contributed by atoms with E-state index < -0.39 is 0 Å². The molecule has 2 unspecified atom stereocenters. The summed E-state index contributed by atoms with van der Waals surface area (Å²) in [6.45, 7) is 0. The van der Waals surface area contributed by atoms with Gasteiger partial charge in [-0.3, -0.25) is 0 Å². The Morgan fingerprint density at radius 1 is 1.04 bits per heavy atom. The summed E-state index contributed by atoms with van der Waals surface area (Å²) < 4.78 is 5.40. The summed E-state index contributed by atoms with van der Waals surface area (Å²) in [5, 5.41) is 11.6. The van der Waals surface area contributed by atoms with Gasteiger partial charge in [0.2, 0.25) is 0 Å². The molecular weight excluding hydrogens is 294 g/mol. The van der Waals surface area contributed by atoms with Gasteiger partial charge in [-0.1, -0.05) is 42.5 Å². The molecule has 0 saturated heterocycles. The van der Waals surface area contributed by atoms with Crippen molar-refractivity contribution in [2.45, 2.75) is 12.8 Å². The third kappa shape index (κ3) is 2.74. The molecule has 0 bridgehead atoms. The van der Waals surface area contributed by atoms with E-state index in [1.165, 1.54) is 27.5 Å². The largest absolute Gasteiger partial charge is 0.497 e. The molecule has 1 fully saturated rings. The van der Waals surface area contributed by atoms with Gasteiger partial charge < -0.3 is 4.74 Å². The number of methoxy groups -OCH3 is 1. The van der Waals surface area contributed by atoms with Crippen molar-refractivity contribution in [3.63, 3.8) is 0 Å². The fourth-order valence-electron chi connectivity index (χ4n) is 3.42. The summed E-state index contributed by atoms with van der Waals surface area (Å²) in [7, 11) is 1.70. The lowest BCUT2D eigenvalue weighted by atomic mass is 9.94. The van der Waals surface area contributed by atoms with Crippen molar-refractivity contribution in [1.29, 1.82) is 5.26 Å². The van der Waals surface area contributed by atoms with Crippen LogP contribution in [0.3, 0.4) is 0 Å². The Balaban J connectivity index is 1.83. The number of nitrogens with zero attached hydrogens (tertiary/aromatic N) is 1. The zero-order chi connectivity index (χ0) is 16.5. The Bertz CT molecular complexity index is 924. The van der Waals surface area contributed by atoms with Gasteiger partial charge in [-0.15, -0.1) is 0 Å². The highest BCUT2D eigenvalue weighted by atomic mass is 16.5. The van der Waals surface area contributed by atoms with Crippen LogP contribution < -0.4 is 4.74 Å². The highest BCUT2D eigenvalue weighted by molar-refractivity contribution is 5.91. The summed E-state index contributed by atoms with van der Waals surface area (Å²) in [5.74, 6) is 1.60. The number of rotatable bonds is 4. The number of fused-ring (bicyclic) bond motifs is 1. The second kappa shape index (κ2) is 6.02. The molecule has 0 heterocycles. The molecule has 0 N–H and O–H groups in total. The minimum atomic E-state index is 0.228. The Labute approximate surface area is 142 Å². The quantitative estimate of drug-likeness (QED) is 0.661. The van der Waals surface area contributed by atoms with E-state index in [0.717, 1.165) is 18.6 Å². The lowest BCUT2D eigenvalue weighted by Gasteiger charge is -2.12. The van der Waals surface area contributed by atoms with Crippen LogP contribution in [-0.2, 0) is 6.42 Å². The van der Waals surface area contributed by atoms with E-state index in [1.54, 1.807) is 7.11 Å². The van der Waals surface area contributed by atoms with Gasteiger partial charge in [0.1, 0.15) is 5.75 Å². The topological polar surface area (TPSA) is 33.0 Å². The van der Waals surface area contributed by atoms with Gasteiger partial charge in [-0.25, -0.2) is 0 Å².